The molecule has 7 nitrogen and oxygen atoms in total. The molecule has 0 amide bonds. The standard InChI is InChI=1S/C8H9N3O4/c9-5(1-2-6(12)13)4-3-10-8(15)11-7(4)14/h1-3,5H,9H2,(H,12,13)(H2,10,11,14,15). The van der Waals surface area contributed by atoms with Crippen molar-refractivity contribution in [3.05, 3.63) is 44.8 Å². The summed E-state index contributed by atoms with van der Waals surface area (Å²) < 4.78 is 0. The van der Waals surface area contributed by atoms with E-state index >= 15 is 0 Å². The van der Waals surface area contributed by atoms with Crippen molar-refractivity contribution in [2.75, 3.05) is 0 Å². The normalized spacial score (nSPS) is 12.9. The minimum atomic E-state index is -1.16. The van der Waals surface area contributed by atoms with Gasteiger partial charge in [-0.15, -0.1) is 0 Å². The van der Waals surface area contributed by atoms with E-state index in [-0.39, 0.29) is 5.56 Å². The summed E-state index contributed by atoms with van der Waals surface area (Å²) in [5.74, 6) is -1.16. The van der Waals surface area contributed by atoms with Gasteiger partial charge in [0, 0.05) is 12.3 Å². The summed E-state index contributed by atoms with van der Waals surface area (Å²) in [6.45, 7) is 0. The number of carboxylic acid groups (broad SMARTS) is 1. The molecule has 0 spiro atoms. The van der Waals surface area contributed by atoms with E-state index in [2.05, 4.69) is 4.98 Å². The second-order valence-corrected chi connectivity index (χ2v) is 2.75. The van der Waals surface area contributed by atoms with Crippen LogP contribution in [0.25, 0.3) is 0 Å². The highest BCUT2D eigenvalue weighted by Gasteiger charge is 2.07. The first-order chi connectivity index (χ1) is 7.00. The number of aromatic nitrogens is 2. The first kappa shape index (κ1) is 10.9. The van der Waals surface area contributed by atoms with E-state index in [0.29, 0.717) is 0 Å². The number of H-pyrrole nitrogens is 2. The van der Waals surface area contributed by atoms with Gasteiger partial charge in [-0.05, 0) is 0 Å². The lowest BCUT2D eigenvalue weighted by Gasteiger charge is -2.03. The molecule has 1 aromatic rings. The van der Waals surface area contributed by atoms with Crippen LogP contribution in [0.4, 0.5) is 0 Å². The Labute approximate surface area is 83.3 Å². The Balaban J connectivity index is 3.02. The molecule has 0 saturated carbocycles. The number of aliphatic carboxylic acids is 1. The first-order valence-corrected chi connectivity index (χ1v) is 3.99. The molecule has 80 valence electrons. The summed E-state index contributed by atoms with van der Waals surface area (Å²) in [6.07, 6.45) is 3.12. The summed E-state index contributed by atoms with van der Waals surface area (Å²) in [6, 6.07) is -0.873. The van der Waals surface area contributed by atoms with Gasteiger partial charge in [-0.25, -0.2) is 9.59 Å². The molecular formula is C8H9N3O4. The zero-order chi connectivity index (χ0) is 11.4. The molecule has 0 aliphatic carbocycles. The van der Waals surface area contributed by atoms with Crippen LogP contribution in [0.1, 0.15) is 11.6 Å². The Bertz CT molecular complexity index is 499. The molecule has 1 unspecified atom stereocenters. The largest absolute Gasteiger partial charge is 0.478 e. The lowest BCUT2D eigenvalue weighted by molar-refractivity contribution is -0.131. The first-order valence-electron chi connectivity index (χ1n) is 3.99. The highest BCUT2D eigenvalue weighted by atomic mass is 16.4. The van der Waals surface area contributed by atoms with Crippen LogP contribution in [-0.4, -0.2) is 21.0 Å². The molecule has 0 aromatic carbocycles. The lowest BCUT2D eigenvalue weighted by Crippen LogP contribution is -2.28. The molecule has 0 radical (unpaired) electrons. The van der Waals surface area contributed by atoms with Gasteiger partial charge in [0.1, 0.15) is 0 Å². The Morgan fingerprint density at radius 1 is 1.53 bits per heavy atom. The molecule has 0 saturated heterocycles. The third-order valence-electron chi connectivity index (χ3n) is 1.65. The zero-order valence-corrected chi connectivity index (χ0v) is 7.56. The van der Waals surface area contributed by atoms with E-state index in [1.165, 1.54) is 0 Å². The van der Waals surface area contributed by atoms with E-state index in [9.17, 15) is 14.4 Å². The van der Waals surface area contributed by atoms with Crippen molar-refractivity contribution in [1.29, 1.82) is 0 Å². The van der Waals surface area contributed by atoms with Gasteiger partial charge in [-0.1, -0.05) is 6.08 Å². The molecule has 1 heterocycles. The Kier molecular flexibility index (Phi) is 3.19. The predicted molar refractivity (Wildman–Crippen MR) is 51.4 cm³/mol. The smallest absolute Gasteiger partial charge is 0.328 e. The maximum absolute atomic E-state index is 11.2. The van der Waals surface area contributed by atoms with Gasteiger partial charge < -0.3 is 15.8 Å². The molecule has 7 heteroatoms. The van der Waals surface area contributed by atoms with Crippen LogP contribution < -0.4 is 17.0 Å². The van der Waals surface area contributed by atoms with Crippen molar-refractivity contribution in [1.82, 2.24) is 9.97 Å². The number of carboxylic acids is 1. The van der Waals surface area contributed by atoms with Crippen molar-refractivity contribution in [3.63, 3.8) is 0 Å². The van der Waals surface area contributed by atoms with E-state index in [4.69, 9.17) is 10.8 Å². The third kappa shape index (κ3) is 2.92. The highest BCUT2D eigenvalue weighted by Crippen LogP contribution is 2.02. The monoisotopic (exact) mass is 211 g/mol. The predicted octanol–water partition coefficient (Wildman–Crippen LogP) is -1.30. The summed E-state index contributed by atoms with van der Waals surface area (Å²) >= 11 is 0. The number of hydrogen-bond donors (Lipinski definition) is 4. The summed E-state index contributed by atoms with van der Waals surface area (Å²) in [5, 5.41) is 8.34. The number of nitrogens with one attached hydrogen (secondary N) is 2. The van der Waals surface area contributed by atoms with Crippen LogP contribution in [0.3, 0.4) is 0 Å². The SMILES string of the molecule is NC(C=CC(=O)O)c1c[nH]c(=O)[nH]c1=O. The minimum Gasteiger partial charge on any atom is -0.478 e. The van der Waals surface area contributed by atoms with Crippen molar-refractivity contribution < 1.29 is 9.90 Å². The molecule has 1 aromatic heterocycles. The fourth-order valence-corrected chi connectivity index (χ4v) is 0.957. The fraction of sp³-hybridized carbons (Fsp3) is 0.125. The van der Waals surface area contributed by atoms with E-state index in [1.807, 2.05) is 4.98 Å². The third-order valence-corrected chi connectivity index (χ3v) is 1.65. The van der Waals surface area contributed by atoms with Gasteiger partial charge in [-0.2, -0.15) is 0 Å². The number of nitrogens with two attached hydrogens (primary N) is 1. The number of rotatable bonds is 3. The highest BCUT2D eigenvalue weighted by molar-refractivity contribution is 5.79. The Hall–Kier alpha value is -2.15. The van der Waals surface area contributed by atoms with Crippen molar-refractivity contribution >= 4 is 5.97 Å². The average molecular weight is 211 g/mol. The molecule has 0 bridgehead atoms. The molecule has 0 aliphatic heterocycles. The molecular weight excluding hydrogens is 202 g/mol. The molecule has 1 rings (SSSR count). The van der Waals surface area contributed by atoms with E-state index in [1.54, 1.807) is 0 Å². The second-order valence-electron chi connectivity index (χ2n) is 2.75. The van der Waals surface area contributed by atoms with Gasteiger partial charge in [0.05, 0.1) is 11.6 Å². The molecule has 0 aliphatic rings. The second kappa shape index (κ2) is 4.38. The molecule has 15 heavy (non-hydrogen) atoms. The van der Waals surface area contributed by atoms with Gasteiger partial charge in [0.25, 0.3) is 5.56 Å². The van der Waals surface area contributed by atoms with Crippen molar-refractivity contribution in [3.8, 4) is 0 Å². The van der Waals surface area contributed by atoms with Gasteiger partial charge in [0.15, 0.2) is 0 Å². The topological polar surface area (TPSA) is 129 Å². The summed E-state index contributed by atoms with van der Waals surface area (Å²) in [7, 11) is 0. The van der Waals surface area contributed by atoms with Crippen molar-refractivity contribution in [2.45, 2.75) is 6.04 Å². The quantitative estimate of drug-likeness (QED) is 0.462. The minimum absolute atomic E-state index is 0.0899. The van der Waals surface area contributed by atoms with Crippen molar-refractivity contribution in [2.24, 2.45) is 5.73 Å². The maximum Gasteiger partial charge on any atom is 0.328 e. The number of hydrogen-bond acceptors (Lipinski definition) is 4. The van der Waals surface area contributed by atoms with Gasteiger partial charge in [0.2, 0.25) is 0 Å². The van der Waals surface area contributed by atoms with Crippen LogP contribution in [0.2, 0.25) is 0 Å². The summed E-state index contributed by atoms with van der Waals surface area (Å²) in [5.41, 5.74) is 4.31. The van der Waals surface area contributed by atoms with E-state index < -0.39 is 23.3 Å². The van der Waals surface area contributed by atoms with Crippen LogP contribution >= 0.6 is 0 Å². The van der Waals surface area contributed by atoms with Crippen LogP contribution in [0.15, 0.2) is 27.9 Å². The zero-order valence-electron chi connectivity index (χ0n) is 7.56. The molecule has 5 N–H and O–H groups in total. The van der Waals surface area contributed by atoms with Crippen LogP contribution in [0, 0.1) is 0 Å². The number of aromatic amines is 2. The lowest BCUT2D eigenvalue weighted by atomic mass is 10.1. The van der Waals surface area contributed by atoms with Gasteiger partial charge >= 0.3 is 11.7 Å². The maximum atomic E-state index is 11.2. The van der Waals surface area contributed by atoms with Crippen LogP contribution in [-0.2, 0) is 4.79 Å². The Morgan fingerprint density at radius 3 is 2.73 bits per heavy atom. The van der Waals surface area contributed by atoms with Gasteiger partial charge in [-0.3, -0.25) is 9.78 Å². The summed E-state index contributed by atoms with van der Waals surface area (Å²) in [4.78, 5) is 36.3. The Morgan fingerprint density at radius 2 is 2.20 bits per heavy atom. The van der Waals surface area contributed by atoms with Crippen LogP contribution in [0.5, 0.6) is 0 Å². The van der Waals surface area contributed by atoms with E-state index in [0.717, 1.165) is 18.3 Å². The average Bonchev–Trinajstić information content (AvgIpc) is 2.14. The molecule has 0 fully saturated rings. The molecule has 1 atom stereocenters. The number of carbonyl (C=O) groups is 1. The fourth-order valence-electron chi connectivity index (χ4n) is 0.957.